The third-order valence-electron chi connectivity index (χ3n) is 2.89. The standard InChI is InChI=1S/C13H13N3O3/c1-15-9-6-7-4-2-3-5-8(7)10(12(17)16-14)11(9)13(18)19/h2-6,15H,14H2,1H3,(H,16,17)(H,18,19). The number of carboxylic acids is 1. The fraction of sp³-hybridized carbons (Fsp3) is 0.0769. The highest BCUT2D eigenvalue weighted by Gasteiger charge is 2.23. The van der Waals surface area contributed by atoms with Crippen molar-refractivity contribution in [2.24, 2.45) is 5.84 Å². The van der Waals surface area contributed by atoms with Crippen LogP contribution in [-0.2, 0) is 0 Å². The number of carbonyl (C=O) groups excluding carboxylic acids is 1. The predicted octanol–water partition coefficient (Wildman–Crippen LogP) is 1.18. The number of hydrogen-bond donors (Lipinski definition) is 4. The molecule has 0 radical (unpaired) electrons. The molecule has 0 aliphatic rings. The van der Waals surface area contributed by atoms with Crippen LogP contribution < -0.4 is 16.6 Å². The highest BCUT2D eigenvalue weighted by Crippen LogP contribution is 2.29. The summed E-state index contributed by atoms with van der Waals surface area (Å²) in [5.41, 5.74) is 2.32. The van der Waals surface area contributed by atoms with E-state index in [1.165, 1.54) is 0 Å². The van der Waals surface area contributed by atoms with Gasteiger partial charge < -0.3 is 10.4 Å². The zero-order valence-corrected chi connectivity index (χ0v) is 10.2. The van der Waals surface area contributed by atoms with Crippen LogP contribution in [0.25, 0.3) is 10.8 Å². The Labute approximate surface area is 109 Å². The summed E-state index contributed by atoms with van der Waals surface area (Å²) in [4.78, 5) is 23.3. The van der Waals surface area contributed by atoms with E-state index < -0.39 is 11.9 Å². The van der Waals surface area contributed by atoms with Gasteiger partial charge in [0.2, 0.25) is 0 Å². The van der Waals surface area contributed by atoms with E-state index in [1.807, 2.05) is 11.5 Å². The van der Waals surface area contributed by atoms with E-state index in [4.69, 9.17) is 5.84 Å². The number of carbonyl (C=O) groups is 2. The molecule has 0 aliphatic carbocycles. The molecule has 6 heteroatoms. The number of anilines is 1. The average molecular weight is 259 g/mol. The molecule has 0 spiro atoms. The Kier molecular flexibility index (Phi) is 3.35. The van der Waals surface area contributed by atoms with Crippen molar-refractivity contribution in [3.63, 3.8) is 0 Å². The predicted molar refractivity (Wildman–Crippen MR) is 72.1 cm³/mol. The molecular formula is C13H13N3O3. The molecule has 0 saturated heterocycles. The first-order chi connectivity index (χ1) is 9.10. The molecule has 5 N–H and O–H groups in total. The average Bonchev–Trinajstić information content (AvgIpc) is 2.43. The van der Waals surface area contributed by atoms with Crippen molar-refractivity contribution in [3.05, 3.63) is 41.5 Å². The molecule has 0 atom stereocenters. The quantitative estimate of drug-likeness (QED) is 0.376. The Balaban J connectivity index is 2.94. The van der Waals surface area contributed by atoms with E-state index in [0.29, 0.717) is 11.1 Å². The van der Waals surface area contributed by atoms with E-state index in [2.05, 4.69) is 5.32 Å². The van der Waals surface area contributed by atoms with Crippen molar-refractivity contribution < 1.29 is 14.7 Å². The molecule has 19 heavy (non-hydrogen) atoms. The van der Waals surface area contributed by atoms with Crippen LogP contribution in [0.1, 0.15) is 20.7 Å². The Morgan fingerprint density at radius 3 is 2.47 bits per heavy atom. The molecule has 2 rings (SSSR count). The van der Waals surface area contributed by atoms with Gasteiger partial charge in [-0.1, -0.05) is 24.3 Å². The van der Waals surface area contributed by atoms with E-state index >= 15 is 0 Å². The second-order valence-electron chi connectivity index (χ2n) is 3.92. The molecular weight excluding hydrogens is 246 g/mol. The van der Waals surface area contributed by atoms with Crippen LogP contribution >= 0.6 is 0 Å². The lowest BCUT2D eigenvalue weighted by atomic mass is 9.96. The smallest absolute Gasteiger partial charge is 0.338 e. The number of nitrogen functional groups attached to an aromatic ring is 1. The number of rotatable bonds is 3. The molecule has 6 nitrogen and oxygen atoms in total. The van der Waals surface area contributed by atoms with Crippen molar-refractivity contribution in [3.8, 4) is 0 Å². The number of benzene rings is 2. The Morgan fingerprint density at radius 1 is 1.21 bits per heavy atom. The van der Waals surface area contributed by atoms with Gasteiger partial charge in [0.1, 0.15) is 0 Å². The first-order valence-corrected chi connectivity index (χ1v) is 5.58. The zero-order valence-electron chi connectivity index (χ0n) is 10.2. The second kappa shape index (κ2) is 4.95. The van der Waals surface area contributed by atoms with Gasteiger partial charge in [0, 0.05) is 12.7 Å². The van der Waals surface area contributed by atoms with Gasteiger partial charge in [0.25, 0.3) is 5.91 Å². The van der Waals surface area contributed by atoms with Gasteiger partial charge in [-0.05, 0) is 16.8 Å². The normalized spacial score (nSPS) is 10.2. The lowest BCUT2D eigenvalue weighted by molar-refractivity contribution is 0.0692. The van der Waals surface area contributed by atoms with E-state index in [0.717, 1.165) is 5.39 Å². The third kappa shape index (κ3) is 2.09. The second-order valence-corrected chi connectivity index (χ2v) is 3.92. The van der Waals surface area contributed by atoms with Gasteiger partial charge in [0.05, 0.1) is 11.1 Å². The van der Waals surface area contributed by atoms with Gasteiger partial charge >= 0.3 is 5.97 Å². The molecule has 0 bridgehead atoms. The number of nitrogens with one attached hydrogen (secondary N) is 2. The first-order valence-electron chi connectivity index (χ1n) is 5.58. The van der Waals surface area contributed by atoms with E-state index in [1.54, 1.807) is 31.3 Å². The van der Waals surface area contributed by atoms with Crippen LogP contribution in [0.3, 0.4) is 0 Å². The SMILES string of the molecule is CNc1cc2ccccc2c(C(=O)NN)c1C(=O)O. The topological polar surface area (TPSA) is 104 Å². The summed E-state index contributed by atoms with van der Waals surface area (Å²) in [5, 5.41) is 13.4. The minimum absolute atomic E-state index is 0.0532. The maximum absolute atomic E-state index is 11.9. The summed E-state index contributed by atoms with van der Waals surface area (Å²) < 4.78 is 0. The van der Waals surface area contributed by atoms with Crippen molar-refractivity contribution in [1.29, 1.82) is 0 Å². The summed E-state index contributed by atoms with van der Waals surface area (Å²) in [6, 6.07) is 8.72. The lowest BCUT2D eigenvalue weighted by Gasteiger charge is -2.13. The van der Waals surface area contributed by atoms with E-state index in [-0.39, 0.29) is 11.1 Å². The van der Waals surface area contributed by atoms with Gasteiger partial charge in [-0.3, -0.25) is 10.2 Å². The highest BCUT2D eigenvalue weighted by molar-refractivity contribution is 6.17. The van der Waals surface area contributed by atoms with Crippen LogP contribution in [0.4, 0.5) is 5.69 Å². The Morgan fingerprint density at radius 2 is 1.89 bits per heavy atom. The number of aromatic carboxylic acids is 1. The lowest BCUT2D eigenvalue weighted by Crippen LogP contribution is -2.31. The zero-order chi connectivity index (χ0) is 14.0. The molecule has 0 unspecified atom stereocenters. The molecule has 2 aromatic carbocycles. The molecule has 0 aromatic heterocycles. The first kappa shape index (κ1) is 12.8. The van der Waals surface area contributed by atoms with Crippen molar-refractivity contribution in [2.75, 3.05) is 12.4 Å². The number of fused-ring (bicyclic) bond motifs is 1. The van der Waals surface area contributed by atoms with Gasteiger partial charge in [-0.2, -0.15) is 0 Å². The van der Waals surface area contributed by atoms with Crippen LogP contribution in [0.15, 0.2) is 30.3 Å². The maximum atomic E-state index is 11.9. The number of nitrogens with two attached hydrogens (primary N) is 1. The van der Waals surface area contributed by atoms with Crippen molar-refractivity contribution >= 4 is 28.3 Å². The summed E-state index contributed by atoms with van der Waals surface area (Å²) >= 11 is 0. The minimum Gasteiger partial charge on any atom is -0.478 e. The monoisotopic (exact) mass is 259 g/mol. The Hall–Kier alpha value is -2.60. The van der Waals surface area contributed by atoms with Crippen LogP contribution in [0.5, 0.6) is 0 Å². The molecule has 2 aromatic rings. The number of amides is 1. The van der Waals surface area contributed by atoms with E-state index in [9.17, 15) is 14.7 Å². The molecule has 0 saturated carbocycles. The number of carboxylic acid groups (broad SMARTS) is 1. The van der Waals surface area contributed by atoms with Crippen LogP contribution in [-0.4, -0.2) is 24.0 Å². The maximum Gasteiger partial charge on any atom is 0.338 e. The van der Waals surface area contributed by atoms with Crippen LogP contribution in [0, 0.1) is 0 Å². The van der Waals surface area contributed by atoms with Gasteiger partial charge in [-0.15, -0.1) is 0 Å². The molecule has 98 valence electrons. The largest absolute Gasteiger partial charge is 0.478 e. The number of hydrazine groups is 1. The van der Waals surface area contributed by atoms with Crippen LogP contribution in [0.2, 0.25) is 0 Å². The highest BCUT2D eigenvalue weighted by atomic mass is 16.4. The summed E-state index contributed by atoms with van der Waals surface area (Å²) in [6.07, 6.45) is 0. The molecule has 1 amide bonds. The van der Waals surface area contributed by atoms with Gasteiger partial charge in [0.15, 0.2) is 0 Å². The fourth-order valence-electron chi connectivity index (χ4n) is 2.07. The summed E-state index contributed by atoms with van der Waals surface area (Å²) in [7, 11) is 1.60. The molecule has 0 fully saturated rings. The molecule has 0 aliphatic heterocycles. The Bertz CT molecular complexity index is 667. The summed E-state index contributed by atoms with van der Waals surface area (Å²) in [6.45, 7) is 0. The fourth-order valence-corrected chi connectivity index (χ4v) is 2.07. The number of hydrogen-bond acceptors (Lipinski definition) is 4. The van der Waals surface area contributed by atoms with Gasteiger partial charge in [-0.25, -0.2) is 10.6 Å². The van der Waals surface area contributed by atoms with Crippen molar-refractivity contribution in [2.45, 2.75) is 0 Å². The van der Waals surface area contributed by atoms with Crippen molar-refractivity contribution in [1.82, 2.24) is 5.43 Å². The molecule has 0 heterocycles. The summed E-state index contributed by atoms with van der Waals surface area (Å²) in [5.74, 6) is 3.32. The minimum atomic E-state index is -1.19. The third-order valence-corrected chi connectivity index (χ3v) is 2.89.